The van der Waals surface area contributed by atoms with Crippen molar-refractivity contribution in [3.63, 3.8) is 0 Å². The molecule has 1 amide bonds. The van der Waals surface area contributed by atoms with Crippen molar-refractivity contribution < 1.29 is 9.53 Å². The normalized spacial score (nSPS) is 15.6. The summed E-state index contributed by atoms with van der Waals surface area (Å²) in [5, 5.41) is 3.32. The summed E-state index contributed by atoms with van der Waals surface area (Å²) in [5.41, 5.74) is 3.68. The van der Waals surface area contributed by atoms with Crippen LogP contribution >= 0.6 is 28.1 Å². The van der Waals surface area contributed by atoms with E-state index in [0.29, 0.717) is 17.4 Å². The van der Waals surface area contributed by atoms with Gasteiger partial charge in [0, 0.05) is 7.05 Å². The fraction of sp³-hybridized carbons (Fsp3) is 0.158. The van der Waals surface area contributed by atoms with Gasteiger partial charge in [-0.15, -0.1) is 0 Å². The molecule has 25 heavy (non-hydrogen) atoms. The number of thiocarbonyl (C=S) groups is 1. The maximum absolute atomic E-state index is 12.0. The van der Waals surface area contributed by atoms with Gasteiger partial charge in [0.15, 0.2) is 5.11 Å². The summed E-state index contributed by atoms with van der Waals surface area (Å²) in [6.07, 6.45) is 1.77. The fourth-order valence-electron chi connectivity index (χ4n) is 2.36. The number of rotatable bonds is 4. The van der Waals surface area contributed by atoms with Crippen LogP contribution < -0.4 is 10.1 Å². The van der Waals surface area contributed by atoms with E-state index >= 15 is 0 Å². The highest BCUT2D eigenvalue weighted by molar-refractivity contribution is 9.10. The van der Waals surface area contributed by atoms with E-state index in [1.807, 2.05) is 18.2 Å². The van der Waals surface area contributed by atoms with Crippen molar-refractivity contribution in [3.8, 4) is 5.75 Å². The summed E-state index contributed by atoms with van der Waals surface area (Å²) in [4.78, 5) is 13.4. The molecule has 1 heterocycles. The summed E-state index contributed by atoms with van der Waals surface area (Å²) in [6.45, 7) is 2.56. The molecule has 6 heteroatoms. The molecule has 1 aliphatic rings. The zero-order valence-corrected chi connectivity index (χ0v) is 16.3. The van der Waals surface area contributed by atoms with Gasteiger partial charge in [0.2, 0.25) is 0 Å². The van der Waals surface area contributed by atoms with Gasteiger partial charge in [-0.2, -0.15) is 0 Å². The zero-order valence-electron chi connectivity index (χ0n) is 13.9. The van der Waals surface area contributed by atoms with Crippen LogP contribution in [0.1, 0.15) is 16.7 Å². The van der Waals surface area contributed by atoms with Gasteiger partial charge >= 0.3 is 0 Å². The third-order valence-corrected chi connectivity index (χ3v) is 4.86. The topological polar surface area (TPSA) is 41.6 Å². The number of benzene rings is 2. The number of aryl methyl sites for hydroxylation is 1. The average Bonchev–Trinajstić information content (AvgIpc) is 2.83. The van der Waals surface area contributed by atoms with Gasteiger partial charge in [0.25, 0.3) is 5.91 Å². The molecule has 1 saturated heterocycles. The molecule has 1 aliphatic heterocycles. The van der Waals surface area contributed by atoms with Crippen LogP contribution in [0.2, 0.25) is 0 Å². The summed E-state index contributed by atoms with van der Waals surface area (Å²) in [7, 11) is 1.65. The number of ether oxygens (including phenoxy) is 1. The Kier molecular flexibility index (Phi) is 5.20. The van der Waals surface area contributed by atoms with Gasteiger partial charge in [0.1, 0.15) is 18.1 Å². The molecule has 0 unspecified atom stereocenters. The minimum absolute atomic E-state index is 0.138. The molecule has 2 aromatic carbocycles. The maximum Gasteiger partial charge on any atom is 0.276 e. The number of amides is 1. The first-order valence-electron chi connectivity index (χ1n) is 7.72. The fourth-order valence-corrected chi connectivity index (χ4v) is 3.06. The molecule has 0 bridgehead atoms. The molecule has 1 N–H and O–H groups in total. The molecule has 0 saturated carbocycles. The Labute approximate surface area is 160 Å². The highest BCUT2D eigenvalue weighted by atomic mass is 79.9. The molecule has 0 aliphatic carbocycles. The molecule has 0 atom stereocenters. The Morgan fingerprint density at radius 1 is 1.24 bits per heavy atom. The lowest BCUT2D eigenvalue weighted by Crippen LogP contribution is -2.25. The quantitative estimate of drug-likeness (QED) is 0.603. The molecular weight excluding hydrogens is 400 g/mol. The smallest absolute Gasteiger partial charge is 0.276 e. The van der Waals surface area contributed by atoms with Crippen LogP contribution in [0.25, 0.3) is 6.08 Å². The number of nitrogens with zero attached hydrogens (tertiary/aromatic N) is 1. The Balaban J connectivity index is 1.72. The lowest BCUT2D eigenvalue weighted by molar-refractivity contribution is -0.121. The zero-order chi connectivity index (χ0) is 18.0. The van der Waals surface area contributed by atoms with Gasteiger partial charge in [-0.25, -0.2) is 0 Å². The minimum Gasteiger partial charge on any atom is -0.488 e. The Morgan fingerprint density at radius 2 is 1.96 bits per heavy atom. The molecule has 4 nitrogen and oxygen atoms in total. The first-order valence-corrected chi connectivity index (χ1v) is 8.93. The van der Waals surface area contributed by atoms with Crippen LogP contribution in [0.3, 0.4) is 0 Å². The summed E-state index contributed by atoms with van der Waals surface area (Å²) >= 11 is 8.60. The molecule has 2 aromatic rings. The Hall–Kier alpha value is -2.18. The van der Waals surface area contributed by atoms with Crippen LogP contribution in [0.4, 0.5) is 0 Å². The SMILES string of the molecule is Cc1ccc(COc2ccc(C=C3NC(=S)N(C)C3=O)cc2Br)cc1. The average molecular weight is 417 g/mol. The van der Waals surface area contributed by atoms with E-state index in [2.05, 4.69) is 52.4 Å². The second-order valence-corrected chi connectivity index (χ2v) is 7.06. The summed E-state index contributed by atoms with van der Waals surface area (Å²) in [6, 6.07) is 13.9. The lowest BCUT2D eigenvalue weighted by Gasteiger charge is -2.09. The number of carbonyl (C=O) groups is 1. The van der Waals surface area contributed by atoms with E-state index in [9.17, 15) is 4.79 Å². The van der Waals surface area contributed by atoms with Crippen molar-refractivity contribution in [2.45, 2.75) is 13.5 Å². The van der Waals surface area contributed by atoms with E-state index in [4.69, 9.17) is 17.0 Å². The molecule has 0 aromatic heterocycles. The number of nitrogens with one attached hydrogen (secondary N) is 1. The van der Waals surface area contributed by atoms with Gasteiger partial charge in [-0.3, -0.25) is 9.69 Å². The summed E-state index contributed by atoms with van der Waals surface area (Å²) < 4.78 is 6.69. The minimum atomic E-state index is -0.138. The predicted octanol–water partition coefficient (Wildman–Crippen LogP) is 4.02. The highest BCUT2D eigenvalue weighted by Crippen LogP contribution is 2.28. The van der Waals surface area contributed by atoms with E-state index < -0.39 is 0 Å². The number of hydrogen-bond acceptors (Lipinski definition) is 3. The molecule has 128 valence electrons. The number of carbonyl (C=O) groups excluding carboxylic acids is 1. The van der Waals surface area contributed by atoms with Crippen molar-refractivity contribution >= 4 is 45.2 Å². The second kappa shape index (κ2) is 7.37. The van der Waals surface area contributed by atoms with Crippen LogP contribution in [-0.4, -0.2) is 23.0 Å². The van der Waals surface area contributed by atoms with E-state index in [0.717, 1.165) is 21.3 Å². The first-order chi connectivity index (χ1) is 11.9. The van der Waals surface area contributed by atoms with Gasteiger partial charge in [-0.1, -0.05) is 35.9 Å². The Morgan fingerprint density at radius 3 is 2.56 bits per heavy atom. The standard InChI is InChI=1S/C19H17BrN2O2S/c1-12-3-5-13(6-4-12)11-24-17-8-7-14(9-15(17)20)10-16-18(23)22(2)19(25)21-16/h3-10H,11H2,1-2H3,(H,21,25). The van der Waals surface area contributed by atoms with E-state index in [-0.39, 0.29) is 5.91 Å². The maximum atomic E-state index is 12.0. The Bertz CT molecular complexity index is 862. The first kappa shape index (κ1) is 17.6. The molecule has 3 rings (SSSR count). The van der Waals surface area contributed by atoms with Gasteiger partial charge in [-0.05, 0) is 64.4 Å². The van der Waals surface area contributed by atoms with Crippen molar-refractivity contribution in [2.75, 3.05) is 7.05 Å². The van der Waals surface area contributed by atoms with Crippen LogP contribution in [0.5, 0.6) is 5.75 Å². The van der Waals surface area contributed by atoms with Crippen LogP contribution in [0.15, 0.2) is 52.6 Å². The van der Waals surface area contributed by atoms with Crippen molar-refractivity contribution in [2.24, 2.45) is 0 Å². The second-order valence-electron chi connectivity index (χ2n) is 5.82. The number of likely N-dealkylation sites (N-methyl/N-ethyl adjacent to an activating group) is 1. The largest absolute Gasteiger partial charge is 0.488 e. The van der Waals surface area contributed by atoms with Gasteiger partial charge in [0.05, 0.1) is 4.47 Å². The highest BCUT2D eigenvalue weighted by Gasteiger charge is 2.26. The third kappa shape index (κ3) is 4.08. The predicted molar refractivity (Wildman–Crippen MR) is 106 cm³/mol. The van der Waals surface area contributed by atoms with E-state index in [1.165, 1.54) is 10.5 Å². The molecule has 1 fully saturated rings. The van der Waals surface area contributed by atoms with Crippen molar-refractivity contribution in [1.82, 2.24) is 10.2 Å². The van der Waals surface area contributed by atoms with E-state index in [1.54, 1.807) is 13.1 Å². The van der Waals surface area contributed by atoms with Crippen LogP contribution in [-0.2, 0) is 11.4 Å². The monoisotopic (exact) mass is 416 g/mol. The molecule has 0 radical (unpaired) electrons. The van der Waals surface area contributed by atoms with Gasteiger partial charge < -0.3 is 10.1 Å². The van der Waals surface area contributed by atoms with Crippen molar-refractivity contribution in [1.29, 1.82) is 0 Å². The summed E-state index contributed by atoms with van der Waals surface area (Å²) in [5.74, 6) is 0.613. The van der Waals surface area contributed by atoms with Crippen molar-refractivity contribution in [3.05, 3.63) is 69.3 Å². The van der Waals surface area contributed by atoms with Crippen LogP contribution in [0, 0.1) is 6.92 Å². The lowest BCUT2D eigenvalue weighted by atomic mass is 10.1. The molecular formula is C19H17BrN2O2S. The number of halogens is 1. The number of hydrogen-bond donors (Lipinski definition) is 1. The molecule has 0 spiro atoms. The third-order valence-electron chi connectivity index (χ3n) is 3.86.